The number of aromatic nitrogens is 4. The third kappa shape index (κ3) is 6.04. The van der Waals surface area contributed by atoms with E-state index in [1.165, 1.54) is 54.6 Å². The lowest BCUT2D eigenvalue weighted by molar-refractivity contribution is 1.07. The van der Waals surface area contributed by atoms with E-state index in [0.717, 1.165) is 44.2 Å². The van der Waals surface area contributed by atoms with Gasteiger partial charge in [0.1, 0.15) is 0 Å². The lowest BCUT2D eigenvalue weighted by Gasteiger charge is -2.13. The van der Waals surface area contributed by atoms with Crippen LogP contribution in [0.3, 0.4) is 0 Å². The zero-order valence-corrected chi connectivity index (χ0v) is 33.1. The highest BCUT2D eigenvalue weighted by atomic mass is 15.0. The summed E-state index contributed by atoms with van der Waals surface area (Å²) >= 11 is 0. The molecule has 0 saturated carbocycles. The van der Waals surface area contributed by atoms with Crippen molar-refractivity contribution in [3.63, 3.8) is 0 Å². The second-order valence-electron chi connectivity index (χ2n) is 15.6. The van der Waals surface area contributed by atoms with Gasteiger partial charge in [0.2, 0.25) is 0 Å². The van der Waals surface area contributed by atoms with Gasteiger partial charge in [0.15, 0.2) is 17.5 Å². The van der Waals surface area contributed by atoms with E-state index in [4.69, 9.17) is 15.0 Å². The number of nitrogens with zero attached hydrogens (tertiary/aromatic N) is 4. The van der Waals surface area contributed by atoms with Crippen molar-refractivity contribution in [1.82, 2.24) is 19.5 Å². The largest absolute Gasteiger partial charge is 0.309 e. The first-order valence-corrected chi connectivity index (χ1v) is 20.7. The molecule has 0 atom stereocenters. The zero-order valence-electron chi connectivity index (χ0n) is 33.1. The van der Waals surface area contributed by atoms with Crippen LogP contribution < -0.4 is 0 Å². The summed E-state index contributed by atoms with van der Waals surface area (Å²) in [6.07, 6.45) is 0. The maximum atomic E-state index is 5.16. The topological polar surface area (TPSA) is 43.6 Å². The predicted molar refractivity (Wildman–Crippen MR) is 254 cm³/mol. The van der Waals surface area contributed by atoms with Crippen molar-refractivity contribution in [2.45, 2.75) is 0 Å². The maximum Gasteiger partial charge on any atom is 0.164 e. The second kappa shape index (κ2) is 14.3. The highest BCUT2D eigenvalue weighted by Crippen LogP contribution is 2.43. The molecule has 0 radical (unpaired) electrons. The van der Waals surface area contributed by atoms with Crippen molar-refractivity contribution in [2.24, 2.45) is 0 Å². The number of rotatable bonds is 6. The third-order valence-corrected chi connectivity index (χ3v) is 12.0. The molecule has 12 rings (SSSR count). The molecule has 2 aromatic heterocycles. The summed E-state index contributed by atoms with van der Waals surface area (Å²) in [6, 6.07) is 77.8. The van der Waals surface area contributed by atoms with Gasteiger partial charge >= 0.3 is 0 Å². The molecule has 61 heavy (non-hydrogen) atoms. The Hall–Kier alpha value is -8.21. The molecule has 0 N–H and O–H groups in total. The summed E-state index contributed by atoms with van der Waals surface area (Å²) in [5.74, 6) is 1.90. The summed E-state index contributed by atoms with van der Waals surface area (Å²) in [5, 5.41) is 9.57. The summed E-state index contributed by atoms with van der Waals surface area (Å²) in [4.78, 5) is 15.4. The van der Waals surface area contributed by atoms with E-state index >= 15 is 0 Å². The Morgan fingerprint density at radius 1 is 0.279 bits per heavy atom. The fourth-order valence-corrected chi connectivity index (χ4v) is 9.00. The van der Waals surface area contributed by atoms with Gasteiger partial charge in [-0.15, -0.1) is 0 Å². The Bertz CT molecular complexity index is 3530. The molecule has 0 bridgehead atoms. The Labute approximate surface area is 352 Å². The molecule has 4 heteroatoms. The smallest absolute Gasteiger partial charge is 0.164 e. The molecule has 0 unspecified atom stereocenters. The Balaban J connectivity index is 1.06. The van der Waals surface area contributed by atoms with Crippen LogP contribution >= 0.6 is 0 Å². The lowest BCUT2D eigenvalue weighted by atomic mass is 9.94. The summed E-state index contributed by atoms with van der Waals surface area (Å²) in [5.41, 5.74) is 10.9. The Morgan fingerprint density at radius 2 is 0.770 bits per heavy atom. The molecule has 10 aromatic carbocycles. The average molecular weight is 777 g/mol. The van der Waals surface area contributed by atoms with E-state index in [-0.39, 0.29) is 0 Å². The first kappa shape index (κ1) is 34.8. The molecule has 0 aliphatic rings. The molecular weight excluding hydrogens is 741 g/mol. The highest BCUT2D eigenvalue weighted by molar-refractivity contribution is 6.24. The molecule has 4 nitrogen and oxygen atoms in total. The predicted octanol–water partition coefficient (Wildman–Crippen LogP) is 14.8. The van der Waals surface area contributed by atoms with E-state index in [0.29, 0.717) is 17.5 Å². The van der Waals surface area contributed by atoms with Gasteiger partial charge in [0, 0.05) is 33.2 Å². The van der Waals surface area contributed by atoms with Gasteiger partial charge in [-0.3, -0.25) is 0 Å². The van der Waals surface area contributed by atoms with Crippen LogP contribution in [-0.4, -0.2) is 19.5 Å². The average Bonchev–Trinajstić information content (AvgIpc) is 3.67. The number of benzene rings is 10. The van der Waals surface area contributed by atoms with E-state index in [1.807, 2.05) is 0 Å². The molecule has 284 valence electrons. The van der Waals surface area contributed by atoms with Gasteiger partial charge in [0.05, 0.1) is 11.0 Å². The summed E-state index contributed by atoms with van der Waals surface area (Å²) < 4.78 is 2.42. The molecule has 0 aliphatic heterocycles. The van der Waals surface area contributed by atoms with Gasteiger partial charge in [-0.1, -0.05) is 170 Å². The first-order chi connectivity index (χ1) is 30.2. The van der Waals surface area contributed by atoms with Crippen molar-refractivity contribution >= 4 is 54.1 Å². The fourth-order valence-electron chi connectivity index (χ4n) is 9.00. The maximum absolute atomic E-state index is 5.16. The number of hydrogen-bond acceptors (Lipinski definition) is 3. The van der Waals surface area contributed by atoms with Crippen LogP contribution in [0.4, 0.5) is 0 Å². The van der Waals surface area contributed by atoms with Gasteiger partial charge in [0.25, 0.3) is 0 Å². The standard InChI is InChI=1S/C57H36N4/c1-3-13-37(14-4-1)44-29-32-50-52(35-44)61(53-36-51(40-17-5-2-6-18-40)48-21-11-12-22-49(48)54(50)53)47-30-27-41(28-31-47)55-58-56(45-25-23-38-15-7-9-19-42(38)33-45)60-57(59-55)46-26-24-39-16-8-10-20-43(39)34-46/h1-36H. The SMILES string of the molecule is c1ccc(-c2ccc3c4c5ccccc5c(-c5ccccc5)cc4n(-c4ccc(-c5nc(-c6ccc7ccccc7c6)nc(-c6ccc7ccccc7c6)n5)cc4)c3c2)cc1. The van der Waals surface area contributed by atoms with Gasteiger partial charge in [-0.05, 0) is 103 Å². The summed E-state index contributed by atoms with van der Waals surface area (Å²) in [7, 11) is 0. The minimum absolute atomic E-state index is 0.624. The molecule has 0 saturated heterocycles. The normalized spacial score (nSPS) is 11.6. The molecule has 0 spiro atoms. The molecule has 2 heterocycles. The Kier molecular flexibility index (Phi) is 8.13. The van der Waals surface area contributed by atoms with Crippen LogP contribution in [0.2, 0.25) is 0 Å². The van der Waals surface area contributed by atoms with E-state index in [2.05, 4.69) is 223 Å². The van der Waals surface area contributed by atoms with E-state index in [9.17, 15) is 0 Å². The van der Waals surface area contributed by atoms with Crippen LogP contribution in [-0.2, 0) is 0 Å². The van der Waals surface area contributed by atoms with Crippen LogP contribution in [0.5, 0.6) is 0 Å². The van der Waals surface area contributed by atoms with Crippen molar-refractivity contribution in [3.05, 3.63) is 218 Å². The molecular formula is C57H36N4. The van der Waals surface area contributed by atoms with Crippen LogP contribution in [0, 0.1) is 0 Å². The minimum atomic E-state index is 0.624. The molecule has 0 aliphatic carbocycles. The third-order valence-electron chi connectivity index (χ3n) is 12.0. The fraction of sp³-hybridized carbons (Fsp3) is 0. The van der Waals surface area contributed by atoms with Crippen molar-refractivity contribution < 1.29 is 0 Å². The Morgan fingerprint density at radius 3 is 1.39 bits per heavy atom. The number of fused-ring (bicyclic) bond motifs is 7. The van der Waals surface area contributed by atoms with Gasteiger partial charge in [-0.2, -0.15) is 0 Å². The highest BCUT2D eigenvalue weighted by Gasteiger charge is 2.20. The lowest BCUT2D eigenvalue weighted by Crippen LogP contribution is -2.01. The molecule has 0 amide bonds. The zero-order chi connectivity index (χ0) is 40.3. The van der Waals surface area contributed by atoms with Crippen LogP contribution in [0.1, 0.15) is 0 Å². The number of hydrogen-bond donors (Lipinski definition) is 0. The minimum Gasteiger partial charge on any atom is -0.309 e. The second-order valence-corrected chi connectivity index (χ2v) is 15.6. The van der Waals surface area contributed by atoms with Crippen molar-refractivity contribution in [3.8, 4) is 62.1 Å². The van der Waals surface area contributed by atoms with Crippen molar-refractivity contribution in [2.75, 3.05) is 0 Å². The molecule has 0 fully saturated rings. The quantitative estimate of drug-likeness (QED) is 0.169. The van der Waals surface area contributed by atoms with Gasteiger partial charge in [-0.25, -0.2) is 15.0 Å². The summed E-state index contributed by atoms with van der Waals surface area (Å²) in [6.45, 7) is 0. The van der Waals surface area contributed by atoms with Gasteiger partial charge < -0.3 is 4.57 Å². The van der Waals surface area contributed by atoms with Crippen LogP contribution in [0.15, 0.2) is 218 Å². The van der Waals surface area contributed by atoms with Crippen molar-refractivity contribution in [1.29, 1.82) is 0 Å². The monoisotopic (exact) mass is 776 g/mol. The molecule has 12 aromatic rings. The van der Waals surface area contributed by atoms with E-state index in [1.54, 1.807) is 0 Å². The van der Waals surface area contributed by atoms with E-state index < -0.39 is 0 Å². The van der Waals surface area contributed by atoms with Crippen LogP contribution in [0.25, 0.3) is 116 Å². The first-order valence-electron chi connectivity index (χ1n) is 20.7.